The Bertz CT molecular complexity index is 425. The Morgan fingerprint density at radius 3 is 2.07 bits per heavy atom. The van der Waals surface area contributed by atoms with Gasteiger partial charge in [-0.25, -0.2) is 0 Å². The third kappa shape index (κ3) is 1.69. The van der Waals surface area contributed by atoms with Gasteiger partial charge in [-0.3, -0.25) is 0 Å². The first kappa shape index (κ1) is 9.01. The van der Waals surface area contributed by atoms with Crippen molar-refractivity contribution in [2.75, 3.05) is 0 Å². The molecule has 1 aliphatic rings. The molecule has 14 heavy (non-hydrogen) atoms. The van der Waals surface area contributed by atoms with Crippen LogP contribution in [0.1, 0.15) is 16.7 Å². The van der Waals surface area contributed by atoms with E-state index in [2.05, 4.69) is 50.8 Å². The molecule has 0 saturated heterocycles. The highest BCUT2D eigenvalue weighted by atomic mass is 14.1. The van der Waals surface area contributed by atoms with Crippen LogP contribution < -0.4 is 0 Å². The van der Waals surface area contributed by atoms with E-state index in [1.807, 2.05) is 6.08 Å². The Kier molecular flexibility index (Phi) is 2.12. The van der Waals surface area contributed by atoms with Crippen LogP contribution in [-0.4, -0.2) is 0 Å². The average molecular weight is 182 g/mol. The van der Waals surface area contributed by atoms with E-state index in [0.717, 1.165) is 5.57 Å². The summed E-state index contributed by atoms with van der Waals surface area (Å²) in [6.45, 7) is 8.17. The van der Waals surface area contributed by atoms with Gasteiger partial charge >= 0.3 is 0 Å². The zero-order chi connectivity index (χ0) is 10.1. The summed E-state index contributed by atoms with van der Waals surface area (Å²) >= 11 is 0. The molecule has 0 bridgehead atoms. The summed E-state index contributed by atoms with van der Waals surface area (Å²) in [4.78, 5) is 0. The van der Waals surface area contributed by atoms with Gasteiger partial charge in [0.2, 0.25) is 0 Å². The lowest BCUT2D eigenvalue weighted by Crippen LogP contribution is -1.84. The molecule has 1 aromatic carbocycles. The molecule has 1 aromatic rings. The molecular weight excluding hydrogens is 168 g/mol. The minimum atomic E-state index is 1.08. The molecule has 0 heteroatoms. The number of aryl methyl sites for hydroxylation is 2. The zero-order valence-corrected chi connectivity index (χ0v) is 8.67. The maximum Gasteiger partial charge on any atom is -0.0178 e. The molecule has 0 aromatic heterocycles. The van der Waals surface area contributed by atoms with E-state index >= 15 is 0 Å². The Hall–Kier alpha value is -1.56. The van der Waals surface area contributed by atoms with E-state index in [9.17, 15) is 0 Å². The number of hydrogen-bond acceptors (Lipinski definition) is 0. The molecule has 0 radical (unpaired) electrons. The van der Waals surface area contributed by atoms with Crippen LogP contribution in [0.4, 0.5) is 0 Å². The highest BCUT2D eigenvalue weighted by Crippen LogP contribution is 2.25. The quantitative estimate of drug-likeness (QED) is 0.619. The second kappa shape index (κ2) is 3.30. The largest absolute Gasteiger partial charge is 0.0917 e. The van der Waals surface area contributed by atoms with Crippen molar-refractivity contribution < 1.29 is 0 Å². The molecule has 2 rings (SSSR count). The normalized spacial score (nSPS) is 14.7. The van der Waals surface area contributed by atoms with Crippen molar-refractivity contribution in [2.45, 2.75) is 13.8 Å². The van der Waals surface area contributed by atoms with Crippen molar-refractivity contribution in [1.29, 1.82) is 0 Å². The van der Waals surface area contributed by atoms with Gasteiger partial charge in [0, 0.05) is 0 Å². The molecule has 0 N–H and O–H groups in total. The Balaban J connectivity index is 2.47. The van der Waals surface area contributed by atoms with Crippen LogP contribution in [0.5, 0.6) is 0 Å². The Morgan fingerprint density at radius 2 is 1.57 bits per heavy atom. The maximum atomic E-state index is 3.91. The van der Waals surface area contributed by atoms with Gasteiger partial charge in [0.25, 0.3) is 0 Å². The first-order valence-electron chi connectivity index (χ1n) is 4.82. The van der Waals surface area contributed by atoms with Crippen LogP contribution in [0.25, 0.3) is 5.57 Å². The summed E-state index contributed by atoms with van der Waals surface area (Å²) in [7, 11) is 0. The van der Waals surface area contributed by atoms with E-state index < -0.39 is 0 Å². The van der Waals surface area contributed by atoms with Gasteiger partial charge in [-0.1, -0.05) is 48.1 Å². The van der Waals surface area contributed by atoms with Crippen LogP contribution >= 0.6 is 0 Å². The summed E-state index contributed by atoms with van der Waals surface area (Å²) in [5.41, 5.74) is 6.26. The number of hydrogen-bond donors (Lipinski definition) is 0. The van der Waals surface area contributed by atoms with Crippen molar-refractivity contribution >= 4 is 5.57 Å². The molecule has 70 valence electrons. The fourth-order valence-electron chi connectivity index (χ4n) is 1.81. The molecule has 0 heterocycles. The molecule has 0 fully saturated rings. The number of rotatable bonds is 1. The van der Waals surface area contributed by atoms with E-state index in [1.54, 1.807) is 0 Å². The third-order valence-corrected chi connectivity index (χ3v) is 2.37. The lowest BCUT2D eigenvalue weighted by atomic mass is 10.0. The van der Waals surface area contributed by atoms with E-state index in [1.165, 1.54) is 22.3 Å². The standard InChI is InChI=1S/C14H14/c1-10-4-5-13(7-10)14-8-11(2)6-12(3)9-14/h4-9H,1H2,2-3H3. The molecule has 0 saturated carbocycles. The van der Waals surface area contributed by atoms with Crippen LogP contribution in [0, 0.1) is 13.8 Å². The molecule has 1 aliphatic carbocycles. The first-order valence-corrected chi connectivity index (χ1v) is 4.82. The van der Waals surface area contributed by atoms with E-state index in [0.29, 0.717) is 0 Å². The summed E-state index contributed by atoms with van der Waals surface area (Å²) in [6, 6.07) is 6.61. The van der Waals surface area contributed by atoms with Crippen molar-refractivity contribution in [3.63, 3.8) is 0 Å². The van der Waals surface area contributed by atoms with Crippen LogP contribution in [-0.2, 0) is 0 Å². The van der Waals surface area contributed by atoms with Gasteiger partial charge in [0.05, 0.1) is 0 Å². The van der Waals surface area contributed by atoms with Crippen molar-refractivity contribution in [3.8, 4) is 0 Å². The second-order valence-electron chi connectivity index (χ2n) is 3.88. The highest BCUT2D eigenvalue weighted by molar-refractivity contribution is 5.81. The van der Waals surface area contributed by atoms with Crippen molar-refractivity contribution in [1.82, 2.24) is 0 Å². The van der Waals surface area contributed by atoms with Gasteiger partial charge in [0.15, 0.2) is 0 Å². The average Bonchev–Trinajstić information content (AvgIpc) is 2.50. The Labute approximate surface area is 85.3 Å². The fraction of sp³-hybridized carbons (Fsp3) is 0.143. The molecular formula is C14H14. The van der Waals surface area contributed by atoms with Gasteiger partial charge < -0.3 is 0 Å². The first-order chi connectivity index (χ1) is 6.65. The SMILES string of the molecule is C=C1C=CC(c2cc(C)cc(C)c2)=C1. The predicted molar refractivity (Wildman–Crippen MR) is 62.2 cm³/mol. The van der Waals surface area contributed by atoms with Gasteiger partial charge in [-0.2, -0.15) is 0 Å². The monoisotopic (exact) mass is 182 g/mol. The highest BCUT2D eigenvalue weighted by Gasteiger charge is 2.04. The summed E-state index contributed by atoms with van der Waals surface area (Å²) in [6.07, 6.45) is 6.29. The van der Waals surface area contributed by atoms with Crippen LogP contribution in [0.3, 0.4) is 0 Å². The minimum absolute atomic E-state index is 1.08. The van der Waals surface area contributed by atoms with E-state index in [-0.39, 0.29) is 0 Å². The molecule has 0 aliphatic heterocycles. The lowest BCUT2D eigenvalue weighted by molar-refractivity contribution is 1.37. The molecule has 0 unspecified atom stereocenters. The minimum Gasteiger partial charge on any atom is -0.0917 e. The summed E-state index contributed by atoms with van der Waals surface area (Å²) in [5.74, 6) is 0. The van der Waals surface area contributed by atoms with Crippen LogP contribution in [0.15, 0.2) is 48.6 Å². The second-order valence-corrected chi connectivity index (χ2v) is 3.88. The van der Waals surface area contributed by atoms with Gasteiger partial charge in [0.1, 0.15) is 0 Å². The smallest absolute Gasteiger partial charge is 0.0178 e. The number of allylic oxidation sites excluding steroid dienone is 5. The molecule has 0 amide bonds. The third-order valence-electron chi connectivity index (χ3n) is 2.37. The van der Waals surface area contributed by atoms with Crippen LogP contribution in [0.2, 0.25) is 0 Å². The molecule has 0 atom stereocenters. The van der Waals surface area contributed by atoms with Crippen molar-refractivity contribution in [2.24, 2.45) is 0 Å². The topological polar surface area (TPSA) is 0 Å². The Morgan fingerprint density at radius 1 is 0.929 bits per heavy atom. The van der Waals surface area contributed by atoms with E-state index in [4.69, 9.17) is 0 Å². The lowest BCUT2D eigenvalue weighted by Gasteiger charge is -2.03. The molecule has 0 spiro atoms. The summed E-state index contributed by atoms with van der Waals surface area (Å²) in [5, 5.41) is 0. The fourth-order valence-corrected chi connectivity index (χ4v) is 1.81. The van der Waals surface area contributed by atoms with Gasteiger partial charge in [-0.15, -0.1) is 0 Å². The zero-order valence-electron chi connectivity index (χ0n) is 8.67. The number of benzene rings is 1. The summed E-state index contributed by atoms with van der Waals surface area (Å²) < 4.78 is 0. The predicted octanol–water partition coefficient (Wildman–Crippen LogP) is 3.81. The maximum absolute atomic E-state index is 3.91. The van der Waals surface area contributed by atoms with Crippen molar-refractivity contribution in [3.05, 3.63) is 65.3 Å². The van der Waals surface area contributed by atoms with Gasteiger partial charge in [-0.05, 0) is 36.6 Å². The molecule has 0 nitrogen and oxygen atoms in total.